The van der Waals surface area contributed by atoms with Crippen LogP contribution in [0.3, 0.4) is 0 Å². The largest absolute Gasteiger partial charge is 0.394 e. The molecule has 3 rings (SSSR count). The second-order valence-electron chi connectivity index (χ2n) is 24.2. The first-order valence-electron chi connectivity index (χ1n) is 34.2. The minimum Gasteiger partial charge on any atom is -0.394 e. The quantitative estimate of drug-likeness (QED) is 0.0200. The Labute approximate surface area is 528 Å². The maximum Gasteiger partial charge on any atom is 0.220 e. The lowest BCUT2D eigenvalue weighted by atomic mass is 9.96. The van der Waals surface area contributed by atoms with E-state index in [0.717, 1.165) is 64.2 Å². The van der Waals surface area contributed by atoms with E-state index in [2.05, 4.69) is 79.9 Å². The average molecular weight is 1250 g/mol. The van der Waals surface area contributed by atoms with Gasteiger partial charge in [-0.15, -0.1) is 0 Å². The van der Waals surface area contributed by atoms with Gasteiger partial charge in [0, 0.05) is 6.42 Å². The van der Waals surface area contributed by atoms with Gasteiger partial charge in [-0.05, 0) is 77.0 Å². The number of carbonyl (C=O) groups is 1. The molecule has 0 spiro atoms. The summed E-state index contributed by atoms with van der Waals surface area (Å²) in [6.07, 6.45) is 36.3. The number of aliphatic hydroxyl groups excluding tert-OH is 11. The molecule has 17 unspecified atom stereocenters. The van der Waals surface area contributed by atoms with Crippen molar-refractivity contribution in [3.05, 3.63) is 72.9 Å². The summed E-state index contributed by atoms with van der Waals surface area (Å²) < 4.78 is 34.2. The van der Waals surface area contributed by atoms with Gasteiger partial charge in [0.25, 0.3) is 0 Å². The number of nitrogens with one attached hydrogen (secondary N) is 1. The highest BCUT2D eigenvalue weighted by Gasteiger charge is 2.53. The van der Waals surface area contributed by atoms with E-state index >= 15 is 0 Å². The zero-order chi connectivity index (χ0) is 64.0. The number of amides is 1. The molecule has 19 nitrogen and oxygen atoms in total. The summed E-state index contributed by atoms with van der Waals surface area (Å²) in [6.45, 7) is 1.56. The van der Waals surface area contributed by atoms with Crippen LogP contribution in [-0.2, 0) is 33.2 Å². The Morgan fingerprint density at radius 2 is 0.795 bits per heavy atom. The summed E-state index contributed by atoms with van der Waals surface area (Å²) in [6, 6.07) is -1.02. The Hall–Kier alpha value is -2.77. The molecule has 0 saturated carbocycles. The molecular formula is C69H121NO18. The van der Waals surface area contributed by atoms with Gasteiger partial charge in [-0.25, -0.2) is 0 Å². The number of rotatable bonds is 51. The summed E-state index contributed by atoms with van der Waals surface area (Å²) in [5.41, 5.74) is 0. The minimum atomic E-state index is -1.99. The van der Waals surface area contributed by atoms with Crippen LogP contribution in [-0.4, -0.2) is 193 Å². The molecule has 3 aliphatic heterocycles. The molecule has 17 atom stereocenters. The van der Waals surface area contributed by atoms with E-state index in [0.29, 0.717) is 12.8 Å². The molecule has 0 aromatic rings. The number of hydrogen-bond acceptors (Lipinski definition) is 18. The Morgan fingerprint density at radius 1 is 0.420 bits per heavy atom. The molecule has 3 saturated heterocycles. The Morgan fingerprint density at radius 3 is 1.27 bits per heavy atom. The predicted molar refractivity (Wildman–Crippen MR) is 341 cm³/mol. The summed E-state index contributed by atoms with van der Waals surface area (Å²) in [5, 5.41) is 120. The van der Waals surface area contributed by atoms with Crippen molar-refractivity contribution >= 4 is 5.91 Å². The highest BCUT2D eigenvalue weighted by atomic mass is 16.8. The second-order valence-corrected chi connectivity index (χ2v) is 24.2. The third-order valence-electron chi connectivity index (χ3n) is 16.7. The maximum absolute atomic E-state index is 13.3. The van der Waals surface area contributed by atoms with Crippen LogP contribution in [0.4, 0.5) is 0 Å². The third-order valence-corrected chi connectivity index (χ3v) is 16.7. The molecule has 0 radical (unpaired) electrons. The van der Waals surface area contributed by atoms with E-state index in [1.165, 1.54) is 128 Å². The van der Waals surface area contributed by atoms with Crippen LogP contribution in [0.2, 0.25) is 0 Å². The predicted octanol–water partition coefficient (Wildman–Crippen LogP) is 8.55. The topological polar surface area (TPSA) is 307 Å². The number of allylic oxidation sites excluding steroid dienone is 11. The van der Waals surface area contributed by atoms with Crippen LogP contribution >= 0.6 is 0 Å². The molecule has 12 N–H and O–H groups in total. The highest BCUT2D eigenvalue weighted by molar-refractivity contribution is 5.76. The van der Waals surface area contributed by atoms with Crippen LogP contribution in [0, 0.1) is 0 Å². The molecule has 3 aliphatic rings. The molecule has 3 heterocycles. The van der Waals surface area contributed by atoms with Crippen molar-refractivity contribution in [3.63, 3.8) is 0 Å². The van der Waals surface area contributed by atoms with E-state index in [1.807, 2.05) is 6.08 Å². The number of carbonyl (C=O) groups excluding carboxylic acids is 1. The van der Waals surface area contributed by atoms with E-state index in [-0.39, 0.29) is 18.9 Å². The molecule has 0 bridgehead atoms. The standard InChI is InChI=1S/C69H121NO18/c1-3-5-7-9-11-13-15-17-18-19-20-21-22-23-24-25-26-27-28-29-30-31-32-33-35-36-38-40-42-44-46-53(74)52(70-57(75)47-45-43-41-39-37-34-16-14-12-10-8-6-4-2)51-83-67-63(81)60(78)65(55(49-72)85-67)88-69-64(82)61(79)66(56(50-73)86-69)87-68-62(80)59(77)58(76)54(48-71)84-68/h6,8,12,14,31-32,34,36-38,44,46,52-56,58-69,71-74,76-82H,3-5,7,9-11,13,15-30,33,35,39-43,45,47-51H2,1-2H3,(H,70,75)/b8-6-,14-12-,32-31+,37-34-,38-36+,46-44+. The SMILES string of the molecule is CC/C=C\C/C=C\C/C=C\CCCCCC(=O)NC(COC1OC(CO)C(OC2OC(CO)C(OC3OC(CO)C(O)C(O)C3O)C(O)C2O)C(O)C1O)C(O)/C=C/CC/C=C/CC/C=C/CCCCCCCCCCCCCCCCCCCCCC. The molecule has 1 amide bonds. The van der Waals surface area contributed by atoms with Crippen molar-refractivity contribution in [3.8, 4) is 0 Å². The molecule has 0 aliphatic carbocycles. The van der Waals surface area contributed by atoms with Crippen molar-refractivity contribution in [2.24, 2.45) is 0 Å². The van der Waals surface area contributed by atoms with E-state index in [9.17, 15) is 61.0 Å². The molecule has 510 valence electrons. The lowest BCUT2D eigenvalue weighted by Gasteiger charge is -2.48. The van der Waals surface area contributed by atoms with Gasteiger partial charge in [0.2, 0.25) is 5.91 Å². The van der Waals surface area contributed by atoms with Gasteiger partial charge in [0.05, 0.1) is 38.6 Å². The fourth-order valence-electron chi connectivity index (χ4n) is 11.2. The number of aliphatic hydroxyl groups is 11. The molecule has 0 aromatic carbocycles. The minimum absolute atomic E-state index is 0.193. The summed E-state index contributed by atoms with van der Waals surface area (Å²) in [7, 11) is 0. The lowest BCUT2D eigenvalue weighted by molar-refractivity contribution is -0.379. The average Bonchev–Trinajstić information content (AvgIpc) is 1.80. The van der Waals surface area contributed by atoms with Gasteiger partial charge < -0.3 is 89.9 Å². The van der Waals surface area contributed by atoms with E-state index in [4.69, 9.17) is 28.4 Å². The first-order chi connectivity index (χ1) is 42.8. The number of hydrogen-bond donors (Lipinski definition) is 12. The van der Waals surface area contributed by atoms with Gasteiger partial charge in [0.1, 0.15) is 73.2 Å². The van der Waals surface area contributed by atoms with Gasteiger partial charge >= 0.3 is 0 Å². The Bertz CT molecular complexity index is 1880. The Kier molecular flexibility index (Phi) is 45.8. The first kappa shape index (κ1) is 79.5. The van der Waals surface area contributed by atoms with Crippen LogP contribution in [0.5, 0.6) is 0 Å². The maximum atomic E-state index is 13.3. The number of unbranched alkanes of at least 4 members (excludes halogenated alkanes) is 25. The molecular weight excluding hydrogens is 1130 g/mol. The first-order valence-corrected chi connectivity index (χ1v) is 34.2. The second kappa shape index (κ2) is 50.7. The summed E-state index contributed by atoms with van der Waals surface area (Å²) >= 11 is 0. The molecule has 19 heteroatoms. The van der Waals surface area contributed by atoms with Crippen LogP contribution in [0.1, 0.15) is 226 Å². The normalized spacial score (nSPS) is 28.9. The highest BCUT2D eigenvalue weighted by Crippen LogP contribution is 2.33. The van der Waals surface area contributed by atoms with Gasteiger partial charge in [0.15, 0.2) is 18.9 Å². The monoisotopic (exact) mass is 1250 g/mol. The van der Waals surface area contributed by atoms with Gasteiger partial charge in [-0.3, -0.25) is 4.79 Å². The van der Waals surface area contributed by atoms with Crippen molar-refractivity contribution in [2.75, 3.05) is 26.4 Å². The summed E-state index contributed by atoms with van der Waals surface area (Å²) in [5.74, 6) is -0.321. The molecule has 88 heavy (non-hydrogen) atoms. The fraction of sp³-hybridized carbons (Fsp3) is 0.812. The smallest absolute Gasteiger partial charge is 0.220 e. The van der Waals surface area contributed by atoms with Crippen LogP contribution < -0.4 is 5.32 Å². The van der Waals surface area contributed by atoms with Crippen molar-refractivity contribution in [1.29, 1.82) is 0 Å². The van der Waals surface area contributed by atoms with Crippen LogP contribution in [0.15, 0.2) is 72.9 Å². The molecule has 0 aromatic heterocycles. The number of ether oxygens (including phenoxy) is 6. The van der Waals surface area contributed by atoms with E-state index in [1.54, 1.807) is 6.08 Å². The van der Waals surface area contributed by atoms with Gasteiger partial charge in [-0.1, -0.05) is 215 Å². The summed E-state index contributed by atoms with van der Waals surface area (Å²) in [4.78, 5) is 13.3. The van der Waals surface area contributed by atoms with Gasteiger partial charge in [-0.2, -0.15) is 0 Å². The Balaban J connectivity index is 1.43. The van der Waals surface area contributed by atoms with Crippen molar-refractivity contribution < 1.29 is 89.4 Å². The third kappa shape index (κ3) is 32.7. The van der Waals surface area contributed by atoms with Crippen molar-refractivity contribution in [1.82, 2.24) is 5.32 Å². The lowest BCUT2D eigenvalue weighted by Crippen LogP contribution is -2.66. The van der Waals surface area contributed by atoms with Crippen molar-refractivity contribution in [2.45, 2.75) is 330 Å². The zero-order valence-electron chi connectivity index (χ0n) is 53.7. The molecule has 3 fully saturated rings. The fourth-order valence-corrected chi connectivity index (χ4v) is 11.2. The van der Waals surface area contributed by atoms with Crippen LogP contribution in [0.25, 0.3) is 0 Å². The zero-order valence-corrected chi connectivity index (χ0v) is 53.7. The van der Waals surface area contributed by atoms with E-state index < -0.39 is 124 Å².